The zero-order chi connectivity index (χ0) is 10.7. The summed E-state index contributed by atoms with van der Waals surface area (Å²) in [5, 5.41) is 50.0. The monoisotopic (exact) mass is 477 g/mol. The molecule has 0 spiro atoms. The third-order valence-corrected chi connectivity index (χ3v) is 0. The van der Waals surface area contributed by atoms with E-state index in [0.29, 0.717) is 0 Å². The Morgan fingerprint density at radius 2 is 0.600 bits per heavy atom. The summed E-state index contributed by atoms with van der Waals surface area (Å²) in [6.07, 6.45) is -7.00. The Morgan fingerprint density at radius 1 is 0.600 bits per heavy atom. The quantitative estimate of drug-likeness (QED) is 0.323. The number of hydrogen-bond acceptors (Lipinski definition) is 9. The minimum absolute atomic E-state index is 0. The smallest absolute Gasteiger partial charge is 0.652 e. The van der Waals surface area contributed by atoms with E-state index in [4.69, 9.17) is 45.0 Å². The topological polar surface area (TPSA) is 221 Å². The molecule has 0 bridgehead atoms. The Morgan fingerprint density at radius 3 is 0.600 bits per heavy atom. The van der Waals surface area contributed by atoms with Crippen molar-refractivity contribution in [1.82, 2.24) is 0 Å². The van der Waals surface area contributed by atoms with Gasteiger partial charge in [-0.25, -0.2) is 0 Å². The van der Waals surface area contributed by atoms with E-state index in [9.17, 15) is 0 Å². The molecule has 2 N–H and O–H groups in total. The minimum Gasteiger partial charge on any atom is -0.652 e. The summed E-state index contributed by atoms with van der Waals surface area (Å²) in [5.74, 6) is 0. The first-order valence-electron chi connectivity index (χ1n) is 1.84. The van der Waals surface area contributed by atoms with Crippen molar-refractivity contribution < 1.29 is 128 Å². The van der Waals surface area contributed by atoms with Gasteiger partial charge in [-0.3, -0.25) is 0 Å². The maximum absolute atomic E-state index is 8.33. The zero-order valence-corrected chi connectivity index (χ0v) is 13.5. The normalized spacial score (nSPS) is 4.80. The Kier molecular flexibility index (Phi) is 70.5. The number of carboxylic acid groups (broad SMARTS) is 6. The van der Waals surface area contributed by atoms with Gasteiger partial charge in [0.2, 0.25) is 0 Å². The van der Waals surface area contributed by atoms with Gasteiger partial charge >= 0.3 is 77.3 Å². The molecule has 0 aliphatic carbocycles. The number of carbonyl (C=O) groups excluding carboxylic acids is 3. The van der Waals surface area contributed by atoms with Crippen LogP contribution in [0.25, 0.3) is 0 Å². The van der Waals surface area contributed by atoms with Gasteiger partial charge in [0.15, 0.2) is 0 Å². The van der Waals surface area contributed by atoms with E-state index < -0.39 is 18.5 Å². The first-order valence-corrected chi connectivity index (χ1v) is 1.84. The van der Waals surface area contributed by atoms with Gasteiger partial charge in [0.05, 0.1) is 0 Å². The number of rotatable bonds is 0. The Hall–Kier alpha value is 0.341. The van der Waals surface area contributed by atoms with E-state index in [2.05, 4.69) is 0 Å². The molecule has 81 valence electrons. The van der Waals surface area contributed by atoms with Crippen LogP contribution in [0.3, 0.4) is 0 Å². The van der Waals surface area contributed by atoms with Crippen LogP contribution in [0.4, 0.5) is 14.4 Å². The molecule has 0 amide bonds. The van der Waals surface area contributed by atoms with Gasteiger partial charge in [0.1, 0.15) is 0 Å². The summed E-state index contributed by atoms with van der Waals surface area (Å²) in [7, 11) is 0. The molecule has 12 heteroatoms. The van der Waals surface area contributed by atoms with E-state index in [-0.39, 0.29) is 82.8 Å². The van der Waals surface area contributed by atoms with Crippen LogP contribution >= 0.6 is 0 Å². The Bertz CT molecular complexity index is 118. The number of carbonyl (C=O) groups is 3. The van der Waals surface area contributed by atoms with Gasteiger partial charge in [-0.15, -0.1) is 0 Å². The summed E-state index contributed by atoms with van der Waals surface area (Å²) < 4.78 is 0. The molecule has 0 aliphatic rings. The maximum Gasteiger partial charge on any atom is 3.00 e. The second kappa shape index (κ2) is 29.3. The van der Waals surface area contributed by atoms with Gasteiger partial charge in [-0.2, -0.15) is 0 Å². The second-order valence-electron chi connectivity index (χ2n) is 0.750. The summed E-state index contributed by atoms with van der Waals surface area (Å²) in [6, 6.07) is 0. The van der Waals surface area contributed by atoms with Crippen molar-refractivity contribution in [3.63, 3.8) is 0 Å². The van der Waals surface area contributed by atoms with Crippen LogP contribution in [-0.2, 0) is 0 Å². The fraction of sp³-hybridized carbons (Fsp3) is 0. The van der Waals surface area contributed by atoms with Gasteiger partial charge in [-0.1, -0.05) is 0 Å². The summed E-state index contributed by atoms with van der Waals surface area (Å²) in [5.41, 5.74) is 0. The Labute approximate surface area is 144 Å². The molecule has 0 rings (SSSR count). The van der Waals surface area contributed by atoms with Crippen LogP contribution in [0, 0.1) is 77.3 Å². The van der Waals surface area contributed by atoms with E-state index in [0.717, 1.165) is 0 Å². The molecule has 1 radical (unpaired) electrons. The average molecular weight is 477 g/mol. The fourth-order valence-electron chi connectivity index (χ4n) is 0. The average Bonchev–Trinajstić information content (AvgIpc) is 1.54. The van der Waals surface area contributed by atoms with Gasteiger partial charge < -0.3 is 50.5 Å². The second-order valence-corrected chi connectivity index (χ2v) is 0.750. The van der Waals surface area contributed by atoms with Crippen molar-refractivity contribution in [2.75, 3.05) is 0 Å². The molecule has 0 unspecified atom stereocenters. The molecule has 0 aliphatic heterocycles. The predicted octanol–water partition coefficient (Wildman–Crippen LogP) is -8.17. The molecule has 0 heterocycles. The zero-order valence-electron chi connectivity index (χ0n) is 6.75. The summed E-state index contributed by atoms with van der Waals surface area (Å²) in [6.45, 7) is 0. The molecule has 15 heavy (non-hydrogen) atoms. The molecular formula is C3H2CeLaO10. The Balaban J connectivity index is -0.0000000184. The SMILES string of the molecule is O.O=C([O-])[O-].O=C([O-])[O-].O=C([O-])[O-].[Ce+3].[La+3]. The van der Waals surface area contributed by atoms with E-state index in [1.807, 2.05) is 0 Å². The molecular weight excluding hydrogens is 475 g/mol. The minimum atomic E-state index is -2.33. The van der Waals surface area contributed by atoms with Gasteiger partial charge in [-0.05, 0) is 18.5 Å². The van der Waals surface area contributed by atoms with Crippen LogP contribution in [0.2, 0.25) is 0 Å². The largest absolute Gasteiger partial charge is 3.00 e. The standard InChI is InChI=1S/3CH2O3.Ce.La.H2O/c3*2-1(3)4;;;/h3*(H2,2,3,4);;;1H2/q;;;2*+3;/p-6. The van der Waals surface area contributed by atoms with Crippen molar-refractivity contribution in [3.8, 4) is 0 Å². The summed E-state index contributed by atoms with van der Waals surface area (Å²) in [4.78, 5) is 25.0. The molecule has 0 saturated heterocycles. The molecule has 0 aromatic heterocycles. The van der Waals surface area contributed by atoms with Crippen molar-refractivity contribution in [2.24, 2.45) is 0 Å². The maximum atomic E-state index is 8.33. The molecule has 10 nitrogen and oxygen atoms in total. The fourth-order valence-corrected chi connectivity index (χ4v) is 0. The van der Waals surface area contributed by atoms with Crippen molar-refractivity contribution in [3.05, 3.63) is 0 Å². The van der Waals surface area contributed by atoms with Crippen molar-refractivity contribution >= 4 is 18.5 Å². The molecule has 0 aromatic carbocycles. The van der Waals surface area contributed by atoms with Crippen molar-refractivity contribution in [1.29, 1.82) is 0 Å². The van der Waals surface area contributed by atoms with Crippen LogP contribution in [-0.4, -0.2) is 23.9 Å². The van der Waals surface area contributed by atoms with Gasteiger partial charge in [0.25, 0.3) is 0 Å². The van der Waals surface area contributed by atoms with Crippen LogP contribution in [0.5, 0.6) is 0 Å². The first kappa shape index (κ1) is 36.2. The van der Waals surface area contributed by atoms with Crippen LogP contribution in [0.15, 0.2) is 0 Å². The van der Waals surface area contributed by atoms with Gasteiger partial charge in [0, 0.05) is 0 Å². The van der Waals surface area contributed by atoms with Crippen molar-refractivity contribution in [2.45, 2.75) is 0 Å². The van der Waals surface area contributed by atoms with E-state index in [1.165, 1.54) is 0 Å². The van der Waals surface area contributed by atoms with E-state index in [1.54, 1.807) is 0 Å². The van der Waals surface area contributed by atoms with E-state index >= 15 is 0 Å². The molecule has 0 aromatic rings. The third-order valence-electron chi connectivity index (χ3n) is 0. The van der Waals surface area contributed by atoms with Crippen LogP contribution in [0.1, 0.15) is 0 Å². The predicted molar refractivity (Wildman–Crippen MR) is 19.8 cm³/mol. The van der Waals surface area contributed by atoms with Crippen LogP contribution < -0.4 is 30.6 Å². The molecule has 0 saturated carbocycles. The number of hydrogen-bond donors (Lipinski definition) is 0. The molecule has 0 atom stereocenters. The first-order chi connectivity index (χ1) is 5.20. The summed E-state index contributed by atoms with van der Waals surface area (Å²) >= 11 is 0. The molecule has 0 fully saturated rings. The third kappa shape index (κ3) is 18700.